The number of carbonyl (C=O) groups is 2. The highest BCUT2D eigenvalue weighted by atomic mass is 35.5. The molecule has 1 aliphatic heterocycles. The van der Waals surface area contributed by atoms with E-state index in [4.69, 9.17) is 5.73 Å². The van der Waals surface area contributed by atoms with Gasteiger partial charge >= 0.3 is 0 Å². The van der Waals surface area contributed by atoms with E-state index in [0.717, 1.165) is 37.8 Å². The van der Waals surface area contributed by atoms with Crippen LogP contribution in [0.4, 0.5) is 5.69 Å². The Labute approximate surface area is 143 Å². The number of halogens is 1. The standard InChI is InChI=1S/C17H23N3O2.ClH/c1-11(21)20-9-3-6-16(20)17(22)19-15-5-2-4-12-10-13(18)7-8-14(12)15;/h7-8,10,15-16H,2-6,9,18H2,1H3,(H,19,22);1H. The Hall–Kier alpha value is -1.75. The lowest BCUT2D eigenvalue weighted by Crippen LogP contribution is -2.46. The second kappa shape index (κ2) is 7.21. The van der Waals surface area contributed by atoms with Crippen molar-refractivity contribution < 1.29 is 9.59 Å². The molecule has 2 aliphatic rings. The summed E-state index contributed by atoms with van der Waals surface area (Å²) in [5, 5.41) is 3.15. The fraction of sp³-hybridized carbons (Fsp3) is 0.529. The summed E-state index contributed by atoms with van der Waals surface area (Å²) in [4.78, 5) is 25.9. The number of hydrogen-bond acceptors (Lipinski definition) is 3. The molecule has 1 fully saturated rings. The van der Waals surface area contributed by atoms with E-state index < -0.39 is 0 Å². The number of nitrogens with one attached hydrogen (secondary N) is 1. The van der Waals surface area contributed by atoms with Gasteiger partial charge in [0.15, 0.2) is 0 Å². The first-order valence-electron chi connectivity index (χ1n) is 8.02. The van der Waals surface area contributed by atoms with Crippen molar-refractivity contribution in [3.63, 3.8) is 0 Å². The number of benzene rings is 1. The number of hydrogen-bond donors (Lipinski definition) is 2. The molecule has 0 aromatic heterocycles. The minimum Gasteiger partial charge on any atom is -0.399 e. The Bertz CT molecular complexity index is 606. The summed E-state index contributed by atoms with van der Waals surface area (Å²) in [6, 6.07) is 5.64. The van der Waals surface area contributed by atoms with Gasteiger partial charge in [0.1, 0.15) is 6.04 Å². The number of anilines is 1. The van der Waals surface area contributed by atoms with E-state index in [1.807, 2.05) is 18.2 Å². The van der Waals surface area contributed by atoms with E-state index >= 15 is 0 Å². The van der Waals surface area contributed by atoms with Crippen molar-refractivity contribution >= 4 is 29.9 Å². The molecule has 6 heteroatoms. The van der Waals surface area contributed by atoms with Crippen molar-refractivity contribution in [1.29, 1.82) is 0 Å². The predicted molar refractivity (Wildman–Crippen MR) is 92.3 cm³/mol. The molecule has 1 aromatic rings. The fourth-order valence-electron chi connectivity index (χ4n) is 3.67. The largest absolute Gasteiger partial charge is 0.399 e. The van der Waals surface area contributed by atoms with Crippen LogP contribution in [0.2, 0.25) is 0 Å². The van der Waals surface area contributed by atoms with Crippen LogP contribution in [-0.2, 0) is 16.0 Å². The summed E-state index contributed by atoms with van der Waals surface area (Å²) < 4.78 is 0. The molecule has 1 saturated heterocycles. The van der Waals surface area contributed by atoms with Crippen LogP contribution >= 0.6 is 12.4 Å². The maximum atomic E-state index is 12.6. The quantitative estimate of drug-likeness (QED) is 0.812. The van der Waals surface area contributed by atoms with E-state index in [-0.39, 0.29) is 36.3 Å². The molecule has 0 spiro atoms. The highest BCUT2D eigenvalue weighted by Gasteiger charge is 2.34. The van der Waals surface area contributed by atoms with E-state index in [9.17, 15) is 9.59 Å². The molecule has 3 rings (SSSR count). The second-order valence-electron chi connectivity index (χ2n) is 6.28. The predicted octanol–water partition coefficient (Wildman–Crippen LogP) is 2.20. The summed E-state index contributed by atoms with van der Waals surface area (Å²) >= 11 is 0. The normalized spacial score (nSPS) is 22.9. The molecule has 2 atom stereocenters. The highest BCUT2D eigenvalue weighted by molar-refractivity contribution is 5.87. The van der Waals surface area contributed by atoms with Gasteiger partial charge in [-0.1, -0.05) is 6.07 Å². The van der Waals surface area contributed by atoms with Crippen molar-refractivity contribution in [1.82, 2.24) is 10.2 Å². The summed E-state index contributed by atoms with van der Waals surface area (Å²) in [6.45, 7) is 2.22. The fourth-order valence-corrected chi connectivity index (χ4v) is 3.67. The van der Waals surface area contributed by atoms with Crippen molar-refractivity contribution in [2.24, 2.45) is 0 Å². The third-order valence-electron chi connectivity index (χ3n) is 4.76. The van der Waals surface area contributed by atoms with Gasteiger partial charge < -0.3 is 16.0 Å². The molecular weight excluding hydrogens is 314 g/mol. The number of carbonyl (C=O) groups excluding carboxylic acids is 2. The zero-order valence-electron chi connectivity index (χ0n) is 13.4. The second-order valence-corrected chi connectivity index (χ2v) is 6.28. The molecule has 0 bridgehead atoms. The monoisotopic (exact) mass is 337 g/mol. The maximum absolute atomic E-state index is 12.6. The summed E-state index contributed by atoms with van der Waals surface area (Å²) in [7, 11) is 0. The Morgan fingerprint density at radius 3 is 2.78 bits per heavy atom. The Morgan fingerprint density at radius 1 is 1.26 bits per heavy atom. The lowest BCUT2D eigenvalue weighted by atomic mass is 9.87. The molecular formula is C17H24ClN3O2. The van der Waals surface area contributed by atoms with E-state index in [2.05, 4.69) is 5.32 Å². The molecule has 2 unspecified atom stereocenters. The summed E-state index contributed by atoms with van der Waals surface area (Å²) in [5.74, 6) is -0.0446. The van der Waals surface area contributed by atoms with Crippen molar-refractivity contribution in [3.05, 3.63) is 29.3 Å². The summed E-state index contributed by atoms with van der Waals surface area (Å²) in [5.41, 5.74) is 9.01. The molecule has 1 heterocycles. The molecule has 1 aromatic carbocycles. The first-order chi connectivity index (χ1) is 10.6. The zero-order chi connectivity index (χ0) is 15.7. The maximum Gasteiger partial charge on any atom is 0.243 e. The van der Waals surface area contributed by atoms with Gasteiger partial charge in [0.25, 0.3) is 0 Å². The van der Waals surface area contributed by atoms with Gasteiger partial charge in [0, 0.05) is 19.2 Å². The van der Waals surface area contributed by atoms with Crippen LogP contribution in [0.15, 0.2) is 18.2 Å². The smallest absolute Gasteiger partial charge is 0.243 e. The van der Waals surface area contributed by atoms with Crippen LogP contribution < -0.4 is 11.1 Å². The van der Waals surface area contributed by atoms with Crippen molar-refractivity contribution in [2.75, 3.05) is 12.3 Å². The highest BCUT2D eigenvalue weighted by Crippen LogP contribution is 2.31. The number of aryl methyl sites for hydroxylation is 1. The Morgan fingerprint density at radius 2 is 2.04 bits per heavy atom. The molecule has 2 amide bonds. The number of rotatable bonds is 2. The molecule has 1 aliphatic carbocycles. The van der Waals surface area contributed by atoms with E-state index in [1.165, 1.54) is 18.1 Å². The van der Waals surface area contributed by atoms with Gasteiger partial charge in [-0.05, 0) is 55.4 Å². The lowest BCUT2D eigenvalue weighted by Gasteiger charge is -2.29. The lowest BCUT2D eigenvalue weighted by molar-refractivity contribution is -0.137. The average Bonchev–Trinajstić information content (AvgIpc) is 2.97. The van der Waals surface area contributed by atoms with Crippen LogP contribution in [0.3, 0.4) is 0 Å². The van der Waals surface area contributed by atoms with Gasteiger partial charge in [0.05, 0.1) is 6.04 Å². The Balaban J connectivity index is 0.00000192. The van der Waals surface area contributed by atoms with Crippen LogP contribution in [0.25, 0.3) is 0 Å². The SMILES string of the molecule is CC(=O)N1CCCC1C(=O)NC1CCCc2cc(N)ccc21.Cl. The van der Waals surface area contributed by atoms with E-state index in [0.29, 0.717) is 6.54 Å². The average molecular weight is 338 g/mol. The van der Waals surface area contributed by atoms with Gasteiger partial charge in [0.2, 0.25) is 11.8 Å². The topological polar surface area (TPSA) is 75.4 Å². The van der Waals surface area contributed by atoms with E-state index in [1.54, 1.807) is 4.90 Å². The van der Waals surface area contributed by atoms with Gasteiger partial charge in [-0.2, -0.15) is 0 Å². The number of amides is 2. The van der Waals surface area contributed by atoms with Gasteiger partial charge in [-0.15, -0.1) is 12.4 Å². The first kappa shape index (κ1) is 17.6. The van der Waals surface area contributed by atoms with Crippen LogP contribution in [-0.4, -0.2) is 29.3 Å². The van der Waals surface area contributed by atoms with Crippen LogP contribution in [0.1, 0.15) is 49.8 Å². The first-order valence-corrected chi connectivity index (χ1v) is 8.02. The minimum absolute atomic E-state index is 0. The van der Waals surface area contributed by atoms with Gasteiger partial charge in [-0.3, -0.25) is 9.59 Å². The third kappa shape index (κ3) is 3.61. The molecule has 0 saturated carbocycles. The minimum atomic E-state index is -0.309. The summed E-state index contributed by atoms with van der Waals surface area (Å²) in [6.07, 6.45) is 4.65. The molecule has 23 heavy (non-hydrogen) atoms. The van der Waals surface area contributed by atoms with Gasteiger partial charge in [-0.25, -0.2) is 0 Å². The van der Waals surface area contributed by atoms with Crippen LogP contribution in [0, 0.1) is 0 Å². The molecule has 0 radical (unpaired) electrons. The zero-order valence-corrected chi connectivity index (χ0v) is 14.2. The number of nitrogens with two attached hydrogens (primary N) is 1. The molecule has 3 N–H and O–H groups in total. The number of nitrogens with zero attached hydrogens (tertiary/aromatic N) is 1. The number of likely N-dealkylation sites (tertiary alicyclic amines) is 1. The third-order valence-corrected chi connectivity index (χ3v) is 4.76. The molecule has 5 nitrogen and oxygen atoms in total. The van der Waals surface area contributed by atoms with Crippen molar-refractivity contribution in [2.45, 2.75) is 51.1 Å². The molecule has 126 valence electrons. The van der Waals surface area contributed by atoms with Crippen LogP contribution in [0.5, 0.6) is 0 Å². The Kier molecular flexibility index (Phi) is 5.52. The number of fused-ring (bicyclic) bond motifs is 1. The number of nitrogen functional groups attached to an aromatic ring is 1. The van der Waals surface area contributed by atoms with Crippen molar-refractivity contribution in [3.8, 4) is 0 Å².